The van der Waals surface area contributed by atoms with Gasteiger partial charge in [0.15, 0.2) is 32.0 Å². The second kappa shape index (κ2) is 12.2. The summed E-state index contributed by atoms with van der Waals surface area (Å²) in [6, 6.07) is 0. The van der Waals surface area contributed by atoms with Gasteiger partial charge in [0.05, 0.1) is 39.0 Å². The highest BCUT2D eigenvalue weighted by Crippen LogP contribution is 2.56. The van der Waals surface area contributed by atoms with E-state index in [9.17, 15) is 4.79 Å². The van der Waals surface area contributed by atoms with E-state index in [1.54, 1.807) is 17.6 Å². The Bertz CT molecular complexity index is 1480. The topological polar surface area (TPSA) is 124 Å². The molecule has 5 rings (SSSR count). The molecule has 13 nitrogen and oxygen atoms in total. The first-order valence-electron chi connectivity index (χ1n) is 16.2. The van der Waals surface area contributed by atoms with E-state index in [0.29, 0.717) is 25.5 Å². The first-order chi connectivity index (χ1) is 21.2. The molecule has 2 aromatic rings. The Morgan fingerprint density at radius 1 is 1.09 bits per heavy atom. The third-order valence-corrected chi connectivity index (χ3v) is 19.2. The molecule has 46 heavy (non-hydrogen) atoms. The first-order valence-corrected chi connectivity index (χ1v) is 21.0. The predicted octanol–water partition coefficient (Wildman–Crippen LogP) is 4.93. The average molecular weight is 679 g/mol. The van der Waals surface area contributed by atoms with Gasteiger partial charge in [0, 0.05) is 24.2 Å². The molecule has 0 N–H and O–H groups in total. The molecule has 3 fully saturated rings. The van der Waals surface area contributed by atoms with Gasteiger partial charge in [0.1, 0.15) is 18.3 Å². The number of imidazole rings is 1. The van der Waals surface area contributed by atoms with Gasteiger partial charge in [-0.1, -0.05) is 62.3 Å². The third-order valence-electron chi connectivity index (χ3n) is 9.61. The van der Waals surface area contributed by atoms with Crippen LogP contribution in [-0.4, -0.2) is 106 Å². The molecule has 0 amide bonds. The summed E-state index contributed by atoms with van der Waals surface area (Å²) >= 11 is 0. The maximum atomic E-state index is 14.0. The largest absolute Gasteiger partial charge is 0.407 e. The van der Waals surface area contributed by atoms with E-state index in [4.69, 9.17) is 32.5 Å². The minimum Gasteiger partial charge on any atom is -0.407 e. The number of hydrogen-bond donors (Lipinski definition) is 0. The van der Waals surface area contributed by atoms with Crippen LogP contribution in [0.3, 0.4) is 0 Å². The van der Waals surface area contributed by atoms with Crippen molar-refractivity contribution in [2.75, 3.05) is 33.9 Å². The van der Waals surface area contributed by atoms with Crippen LogP contribution < -0.4 is 5.56 Å². The lowest BCUT2D eigenvalue weighted by Crippen LogP contribution is -2.66. The minimum atomic E-state index is -2.85. The second-order valence-corrected chi connectivity index (χ2v) is 26.0. The monoisotopic (exact) mass is 678 g/mol. The van der Waals surface area contributed by atoms with Crippen LogP contribution in [0.5, 0.6) is 0 Å². The van der Waals surface area contributed by atoms with Crippen LogP contribution in [0.2, 0.25) is 28.2 Å². The van der Waals surface area contributed by atoms with Gasteiger partial charge < -0.3 is 32.4 Å². The predicted molar refractivity (Wildman–Crippen MR) is 181 cm³/mol. The number of nitrogens with zero attached hydrogens (tertiary/aromatic N) is 6. The Kier molecular flexibility index (Phi) is 9.34. The Balaban J connectivity index is 1.63. The lowest BCUT2D eigenvalue weighted by molar-refractivity contribution is -0.0795. The maximum absolute atomic E-state index is 14.0. The van der Waals surface area contributed by atoms with E-state index >= 15 is 0 Å². The smallest absolute Gasteiger partial charge is 0.349 e. The Labute approximate surface area is 275 Å². The van der Waals surface area contributed by atoms with Crippen molar-refractivity contribution in [2.24, 2.45) is 4.99 Å². The number of hydrogen-bond acceptors (Lipinski definition) is 10. The van der Waals surface area contributed by atoms with Gasteiger partial charge in [-0.3, -0.25) is 13.9 Å². The molecule has 0 radical (unpaired) electrons. The molecule has 2 aromatic heterocycles. The summed E-state index contributed by atoms with van der Waals surface area (Å²) in [5.74, 6) is 0.218. The number of fused-ring (bicyclic) bond motifs is 2. The lowest BCUT2D eigenvalue weighted by atomic mass is 10.1. The van der Waals surface area contributed by atoms with Crippen molar-refractivity contribution in [3.8, 4) is 0 Å². The Hall–Kier alpha value is -1.99. The quantitative estimate of drug-likeness (QED) is 0.226. The summed E-state index contributed by atoms with van der Waals surface area (Å²) in [4.78, 5) is 29.8. The van der Waals surface area contributed by atoms with Crippen molar-refractivity contribution in [1.29, 1.82) is 0 Å². The molecule has 3 aliphatic rings. The molecule has 15 heteroatoms. The molecule has 258 valence electrons. The van der Waals surface area contributed by atoms with Crippen molar-refractivity contribution >= 4 is 40.3 Å². The van der Waals surface area contributed by atoms with Gasteiger partial charge >= 0.3 is 8.56 Å². The fourth-order valence-corrected chi connectivity index (χ4v) is 12.7. The Morgan fingerprint density at radius 2 is 1.72 bits per heavy atom. The highest BCUT2D eigenvalue weighted by molar-refractivity contribution is 6.74. The summed E-state index contributed by atoms with van der Waals surface area (Å²) in [5, 5.41) is -0.489. The molecule has 0 unspecified atom stereocenters. The highest BCUT2D eigenvalue weighted by Gasteiger charge is 2.66. The maximum Gasteiger partial charge on any atom is 0.349 e. The average Bonchev–Trinajstić information content (AvgIpc) is 3.66. The number of rotatable bonds is 7. The molecule has 4 atom stereocenters. The zero-order valence-electron chi connectivity index (χ0n) is 29.9. The van der Waals surface area contributed by atoms with Crippen LogP contribution in [0.1, 0.15) is 68.5 Å². The summed E-state index contributed by atoms with van der Waals surface area (Å²) in [5.41, 5.74) is 0.234. The van der Waals surface area contributed by atoms with Crippen molar-refractivity contribution in [2.45, 2.75) is 128 Å². The molecule has 0 saturated carbocycles. The van der Waals surface area contributed by atoms with Gasteiger partial charge in [0.25, 0.3) is 5.56 Å². The Morgan fingerprint density at radius 3 is 2.28 bits per heavy atom. The van der Waals surface area contributed by atoms with Gasteiger partial charge in [-0.25, -0.2) is 9.98 Å². The van der Waals surface area contributed by atoms with E-state index in [2.05, 4.69) is 85.4 Å². The molecular formula is C31H54N6O7Si2. The molecule has 3 saturated heterocycles. The molecule has 0 aliphatic carbocycles. The normalized spacial score (nSPS) is 26.4. The molecule has 0 bridgehead atoms. The van der Waals surface area contributed by atoms with E-state index in [-0.39, 0.29) is 50.9 Å². The second-order valence-electron chi connectivity index (χ2n) is 16.4. The number of aromatic nitrogens is 4. The lowest BCUT2D eigenvalue weighted by Gasteiger charge is -2.54. The molecular weight excluding hydrogens is 625 g/mol. The van der Waals surface area contributed by atoms with E-state index in [0.717, 1.165) is 0 Å². The molecule has 3 aliphatic heterocycles. The summed E-state index contributed by atoms with van der Waals surface area (Å²) < 4.78 is 42.6. The molecule has 0 aromatic carbocycles. The minimum absolute atomic E-state index is 0.0647. The van der Waals surface area contributed by atoms with E-state index in [1.807, 2.05) is 18.7 Å². The highest BCUT2D eigenvalue weighted by atomic mass is 28.4. The van der Waals surface area contributed by atoms with Crippen LogP contribution in [0.4, 0.5) is 5.95 Å². The fraction of sp³-hybridized carbons (Fsp3) is 0.806. The SMILES string of the molecule is CN(C)/C=N/c1nc2c(ncn2[C@@H]2O[C@@H]3CO[Si](C(C)(C)C)(C(C)(C)C)O[C@H]3[C@H]2O[Si](C)(C)C(C)(C)C)c(=O)n1CC1OCCO1. The summed E-state index contributed by atoms with van der Waals surface area (Å²) in [6.07, 6.45) is 0.778. The van der Waals surface area contributed by atoms with Crippen LogP contribution in [-0.2, 0) is 34.0 Å². The van der Waals surface area contributed by atoms with Crippen molar-refractivity contribution in [3.63, 3.8) is 0 Å². The van der Waals surface area contributed by atoms with Crippen molar-refractivity contribution in [1.82, 2.24) is 24.0 Å². The van der Waals surface area contributed by atoms with Gasteiger partial charge in [-0.05, 0) is 18.1 Å². The zero-order chi connectivity index (χ0) is 34.0. The van der Waals surface area contributed by atoms with Crippen LogP contribution in [0, 0.1) is 0 Å². The van der Waals surface area contributed by atoms with Gasteiger partial charge in [0.2, 0.25) is 5.95 Å². The van der Waals surface area contributed by atoms with Gasteiger partial charge in [-0.2, -0.15) is 4.98 Å². The fourth-order valence-electron chi connectivity index (χ4n) is 6.46. The first kappa shape index (κ1) is 35.3. The number of aliphatic imine (C=N–C) groups is 1. The van der Waals surface area contributed by atoms with Crippen molar-refractivity contribution in [3.05, 3.63) is 16.7 Å². The number of ether oxygens (including phenoxy) is 3. The van der Waals surface area contributed by atoms with E-state index in [1.165, 1.54) is 4.57 Å². The standard InChI is InChI=1S/C31H54N6O7Si2/c1-29(2,3)45(12,13)43-24-23-20(17-41-46(44-23,30(4,5)6)31(7,8)9)42-27(24)37-19-32-22-25(37)34-28(33-18-35(10)11)36(26(22)38)16-21-39-14-15-40-21/h18-21,23-24,27H,14-17H2,1-13H3/b33-18+/t20-,23-,24-,27-/m1/s1. The third kappa shape index (κ3) is 6.29. The van der Waals surface area contributed by atoms with E-state index < -0.39 is 35.5 Å². The molecule has 0 spiro atoms. The summed E-state index contributed by atoms with van der Waals surface area (Å²) in [6.45, 7) is 25.9. The summed E-state index contributed by atoms with van der Waals surface area (Å²) in [7, 11) is -1.49. The van der Waals surface area contributed by atoms with Crippen molar-refractivity contribution < 1.29 is 27.5 Å². The van der Waals surface area contributed by atoms with Crippen LogP contribution >= 0.6 is 0 Å². The van der Waals surface area contributed by atoms with Crippen LogP contribution in [0.15, 0.2) is 16.1 Å². The zero-order valence-corrected chi connectivity index (χ0v) is 31.9. The van der Waals surface area contributed by atoms with Gasteiger partial charge in [-0.15, -0.1) is 0 Å². The van der Waals surface area contributed by atoms with Crippen LogP contribution in [0.25, 0.3) is 11.2 Å². The molecule has 5 heterocycles.